The molecule has 3 heterocycles. The fourth-order valence-electron chi connectivity index (χ4n) is 3.99. The molecule has 5 rings (SSSR count). The lowest BCUT2D eigenvalue weighted by Crippen LogP contribution is -2.12. The molecule has 3 aromatic rings. The van der Waals surface area contributed by atoms with Gasteiger partial charge in [-0.2, -0.15) is 10.2 Å². The second kappa shape index (κ2) is 8.06. The molecule has 0 radical (unpaired) electrons. The van der Waals surface area contributed by atoms with Crippen molar-refractivity contribution in [2.24, 2.45) is 21.6 Å². The number of rotatable bonds is 4. The highest BCUT2D eigenvalue weighted by molar-refractivity contribution is 5.98. The molecule has 0 spiro atoms. The molecule has 2 aromatic heterocycles. The summed E-state index contributed by atoms with van der Waals surface area (Å²) in [6.07, 6.45) is 6.02. The normalized spacial score (nSPS) is 16.0. The molecule has 0 saturated heterocycles. The summed E-state index contributed by atoms with van der Waals surface area (Å²) in [6, 6.07) is 3.51. The van der Waals surface area contributed by atoms with E-state index in [0.717, 1.165) is 35.9 Å². The summed E-state index contributed by atoms with van der Waals surface area (Å²) in [7, 11) is 0. The van der Waals surface area contributed by atoms with Gasteiger partial charge in [-0.1, -0.05) is 0 Å². The van der Waals surface area contributed by atoms with E-state index >= 15 is 0 Å². The fraction of sp³-hybridized carbons (Fsp3) is 0.333. The Morgan fingerprint density at radius 2 is 1.91 bits per heavy atom. The Bertz CT molecular complexity index is 1340. The first-order chi connectivity index (χ1) is 15.8. The number of halogens is 2. The molecule has 1 saturated carbocycles. The Morgan fingerprint density at radius 1 is 1.12 bits per heavy atom. The van der Waals surface area contributed by atoms with Crippen LogP contribution in [0.5, 0.6) is 0 Å². The van der Waals surface area contributed by atoms with E-state index in [0.29, 0.717) is 41.8 Å². The molecule has 0 unspecified atom stereocenters. The predicted octanol–water partition coefficient (Wildman–Crippen LogP) is 4.47. The number of nitrogens with zero attached hydrogens (tertiary/aromatic N) is 6. The van der Waals surface area contributed by atoms with E-state index in [9.17, 15) is 8.78 Å². The van der Waals surface area contributed by atoms with Crippen LogP contribution in [0.3, 0.4) is 0 Å². The zero-order valence-electron chi connectivity index (χ0n) is 18.8. The van der Waals surface area contributed by atoms with Gasteiger partial charge in [0.05, 0.1) is 5.69 Å². The number of hydrogen-bond donors (Lipinski definition) is 1. The lowest BCUT2D eigenvalue weighted by molar-refractivity contribution is 0.565. The van der Waals surface area contributed by atoms with Crippen molar-refractivity contribution >= 4 is 23.7 Å². The number of benzene rings is 1. The van der Waals surface area contributed by atoms with Gasteiger partial charge in [-0.05, 0) is 57.2 Å². The maximum atomic E-state index is 14.7. The van der Waals surface area contributed by atoms with E-state index in [-0.39, 0.29) is 11.4 Å². The van der Waals surface area contributed by atoms with Crippen molar-refractivity contribution in [2.45, 2.75) is 46.6 Å². The molecule has 170 valence electrons. The van der Waals surface area contributed by atoms with Crippen LogP contribution in [-0.4, -0.2) is 31.6 Å². The number of aryl methyl sites for hydroxylation is 1. The van der Waals surface area contributed by atoms with Gasteiger partial charge in [0.2, 0.25) is 0 Å². The van der Waals surface area contributed by atoms with Crippen LogP contribution in [0.1, 0.15) is 35.4 Å². The van der Waals surface area contributed by atoms with E-state index in [4.69, 9.17) is 5.73 Å². The standard InChI is InChI=1S/C24H25F2N7/c1-13-14(2)30-33(15(13)3)22-11-21(27)29-24-19(8-9-28-22)23(31-32(24)12-16-4-5-16)18-7-6-17(25)10-20(18)26/h6-7,9-11,16H,4-5,8,12H2,1-3H3,(H2,27,29). The van der Waals surface area contributed by atoms with Gasteiger partial charge in [0.15, 0.2) is 11.6 Å². The summed E-state index contributed by atoms with van der Waals surface area (Å²) >= 11 is 0. The van der Waals surface area contributed by atoms with Gasteiger partial charge in [-0.15, -0.1) is 0 Å². The third-order valence-corrected chi connectivity index (χ3v) is 6.24. The van der Waals surface area contributed by atoms with Crippen LogP contribution in [0.2, 0.25) is 0 Å². The largest absolute Gasteiger partial charge is 0.384 e. The lowest BCUT2D eigenvalue weighted by atomic mass is 10.0. The number of amidine groups is 1. The summed E-state index contributed by atoms with van der Waals surface area (Å²) in [5.74, 6) is 0.587. The van der Waals surface area contributed by atoms with Crippen molar-refractivity contribution in [3.05, 3.63) is 58.4 Å². The van der Waals surface area contributed by atoms with Crippen LogP contribution in [0.25, 0.3) is 17.1 Å². The fourth-order valence-corrected chi connectivity index (χ4v) is 3.99. The third kappa shape index (κ3) is 3.99. The maximum absolute atomic E-state index is 14.7. The quantitative estimate of drug-likeness (QED) is 0.637. The second-order valence-corrected chi connectivity index (χ2v) is 8.66. The van der Waals surface area contributed by atoms with E-state index < -0.39 is 11.6 Å². The highest BCUT2D eigenvalue weighted by Crippen LogP contribution is 2.37. The Balaban J connectivity index is 1.64. The van der Waals surface area contributed by atoms with Crippen molar-refractivity contribution in [1.82, 2.24) is 19.6 Å². The molecule has 33 heavy (non-hydrogen) atoms. The molecular weight excluding hydrogens is 424 g/mol. The zero-order valence-corrected chi connectivity index (χ0v) is 18.8. The lowest BCUT2D eigenvalue weighted by Gasteiger charge is -2.05. The first kappa shape index (κ1) is 21.2. The van der Waals surface area contributed by atoms with Gasteiger partial charge >= 0.3 is 0 Å². The van der Waals surface area contributed by atoms with Crippen molar-refractivity contribution in [2.75, 3.05) is 0 Å². The molecular formula is C24H25F2N7. The third-order valence-electron chi connectivity index (χ3n) is 6.24. The van der Waals surface area contributed by atoms with Gasteiger partial charge in [-0.25, -0.2) is 28.1 Å². The Morgan fingerprint density at radius 3 is 2.58 bits per heavy atom. The average Bonchev–Trinajstić information content (AvgIpc) is 3.46. The molecule has 0 bridgehead atoms. The molecule has 1 fully saturated rings. The van der Waals surface area contributed by atoms with Crippen molar-refractivity contribution in [3.63, 3.8) is 0 Å². The van der Waals surface area contributed by atoms with Crippen LogP contribution in [0.4, 0.5) is 14.6 Å². The highest BCUT2D eigenvalue weighted by Gasteiger charge is 2.27. The van der Waals surface area contributed by atoms with Crippen molar-refractivity contribution < 1.29 is 8.78 Å². The minimum absolute atomic E-state index is 0.228. The predicted molar refractivity (Wildman–Crippen MR) is 124 cm³/mol. The molecule has 0 atom stereocenters. The van der Waals surface area contributed by atoms with Gasteiger partial charge in [0.1, 0.15) is 23.2 Å². The van der Waals surface area contributed by atoms with Crippen LogP contribution in [-0.2, 0) is 13.0 Å². The molecule has 9 heteroatoms. The van der Waals surface area contributed by atoms with Crippen LogP contribution in [0, 0.1) is 38.3 Å². The van der Waals surface area contributed by atoms with Crippen LogP contribution in [0.15, 0.2) is 34.3 Å². The number of nitrogens with two attached hydrogens (primary N) is 1. The van der Waals surface area contributed by atoms with Gasteiger partial charge in [0, 0.05) is 48.1 Å². The molecule has 2 aliphatic rings. The average molecular weight is 450 g/mol. The summed E-state index contributed by atoms with van der Waals surface area (Å²) < 4.78 is 31.8. The minimum atomic E-state index is -0.667. The monoisotopic (exact) mass is 449 g/mol. The van der Waals surface area contributed by atoms with Crippen molar-refractivity contribution in [3.8, 4) is 11.3 Å². The first-order valence-electron chi connectivity index (χ1n) is 11.0. The van der Waals surface area contributed by atoms with Crippen LogP contribution < -0.4 is 5.73 Å². The number of aromatic nitrogens is 4. The van der Waals surface area contributed by atoms with E-state index in [1.54, 1.807) is 21.7 Å². The maximum Gasteiger partial charge on any atom is 0.157 e. The highest BCUT2D eigenvalue weighted by atomic mass is 19.1. The molecule has 1 aliphatic heterocycles. The van der Waals surface area contributed by atoms with E-state index in [2.05, 4.69) is 20.2 Å². The van der Waals surface area contributed by atoms with Gasteiger partial charge < -0.3 is 5.73 Å². The topological polar surface area (TPSA) is 86.4 Å². The summed E-state index contributed by atoms with van der Waals surface area (Å²) in [4.78, 5) is 9.29. The first-order valence-corrected chi connectivity index (χ1v) is 11.0. The molecule has 2 N–H and O–H groups in total. The molecule has 1 aromatic carbocycles. The number of aliphatic imine (C=N–C) groups is 2. The van der Waals surface area contributed by atoms with E-state index in [1.807, 2.05) is 20.8 Å². The smallest absolute Gasteiger partial charge is 0.157 e. The summed E-state index contributed by atoms with van der Waals surface area (Å²) in [6.45, 7) is 6.61. The number of hydrogen-bond acceptors (Lipinski definition) is 5. The van der Waals surface area contributed by atoms with Gasteiger partial charge in [0.25, 0.3) is 0 Å². The minimum Gasteiger partial charge on any atom is -0.384 e. The van der Waals surface area contributed by atoms with Gasteiger partial charge in [-0.3, -0.25) is 0 Å². The summed E-state index contributed by atoms with van der Waals surface area (Å²) in [5.41, 5.74) is 10.6. The second-order valence-electron chi connectivity index (χ2n) is 8.66. The SMILES string of the molecule is Cc1nn(C2=CC(N)=Nc3c(c(-c4ccc(F)cc4F)nn3CC3CC3)CC=N2)c(C)c1C. The molecule has 0 amide bonds. The van der Waals surface area contributed by atoms with E-state index in [1.165, 1.54) is 12.1 Å². The zero-order chi connectivity index (χ0) is 23.3. The molecule has 1 aliphatic carbocycles. The Labute approximate surface area is 190 Å². The summed E-state index contributed by atoms with van der Waals surface area (Å²) in [5, 5.41) is 9.26. The Kier molecular flexibility index (Phi) is 5.19. The molecule has 7 nitrogen and oxygen atoms in total. The number of fused-ring (bicyclic) bond motifs is 1. The van der Waals surface area contributed by atoms with Crippen molar-refractivity contribution in [1.29, 1.82) is 0 Å². The van der Waals surface area contributed by atoms with Crippen LogP contribution >= 0.6 is 0 Å². The Hall–Kier alpha value is -3.62.